The van der Waals surface area contributed by atoms with E-state index in [0.717, 1.165) is 49.9 Å². The summed E-state index contributed by atoms with van der Waals surface area (Å²) in [5, 5.41) is 3.26. The molecule has 7 nitrogen and oxygen atoms in total. The predicted molar refractivity (Wildman–Crippen MR) is 103 cm³/mol. The molecular weight excluding hydrogens is 330 g/mol. The van der Waals surface area contributed by atoms with Crippen molar-refractivity contribution in [2.45, 2.75) is 6.42 Å². The number of nitrogens with zero attached hydrogens (tertiary/aromatic N) is 4. The van der Waals surface area contributed by atoms with Gasteiger partial charge in [-0.15, -0.1) is 0 Å². The molecule has 0 bridgehead atoms. The molecule has 1 aliphatic heterocycles. The molecule has 26 heavy (non-hydrogen) atoms. The van der Waals surface area contributed by atoms with Crippen LogP contribution in [0.1, 0.15) is 6.42 Å². The Morgan fingerprint density at radius 2 is 1.81 bits per heavy atom. The summed E-state index contributed by atoms with van der Waals surface area (Å²) in [4.78, 5) is 13.6. The van der Waals surface area contributed by atoms with E-state index in [1.165, 1.54) is 0 Å². The van der Waals surface area contributed by atoms with Gasteiger partial charge in [0.05, 0.1) is 6.61 Å². The Morgan fingerprint density at radius 3 is 2.54 bits per heavy atom. The summed E-state index contributed by atoms with van der Waals surface area (Å²) in [5.41, 5.74) is 0.935. The normalized spacial score (nSPS) is 15.1. The highest BCUT2D eigenvalue weighted by atomic mass is 16.5. The van der Waals surface area contributed by atoms with Crippen LogP contribution in [0.25, 0.3) is 0 Å². The van der Waals surface area contributed by atoms with Crippen molar-refractivity contribution in [2.24, 2.45) is 0 Å². The number of hydrogen-bond donors (Lipinski definition) is 1. The Hall–Kier alpha value is -2.38. The summed E-state index contributed by atoms with van der Waals surface area (Å²) in [6.07, 6.45) is 2.68. The van der Waals surface area contributed by atoms with E-state index in [9.17, 15) is 0 Å². The molecule has 7 heteroatoms. The lowest BCUT2D eigenvalue weighted by Crippen LogP contribution is -2.44. The topological polar surface area (TPSA) is 62.8 Å². The van der Waals surface area contributed by atoms with Gasteiger partial charge in [-0.2, -0.15) is 4.98 Å². The predicted octanol–water partition coefficient (Wildman–Crippen LogP) is 2.39. The third-order valence-electron chi connectivity index (χ3n) is 4.34. The SMILES string of the molecule is COCCCOc1ccc(Nc2nccc(N3CCN(C)CC3)n2)cc1. The van der Waals surface area contributed by atoms with Gasteiger partial charge in [-0.05, 0) is 37.4 Å². The van der Waals surface area contributed by atoms with E-state index in [2.05, 4.69) is 32.1 Å². The van der Waals surface area contributed by atoms with Crippen LogP contribution in [0.3, 0.4) is 0 Å². The lowest BCUT2D eigenvalue weighted by molar-refractivity contribution is 0.172. The maximum absolute atomic E-state index is 5.67. The second-order valence-electron chi connectivity index (χ2n) is 6.37. The van der Waals surface area contributed by atoms with Crippen molar-refractivity contribution in [1.82, 2.24) is 14.9 Å². The van der Waals surface area contributed by atoms with Gasteiger partial charge in [-0.3, -0.25) is 0 Å². The average molecular weight is 357 g/mol. The minimum absolute atomic E-state index is 0.607. The molecular formula is C19H27N5O2. The number of piperazine rings is 1. The molecule has 0 saturated carbocycles. The van der Waals surface area contributed by atoms with Crippen LogP contribution in [0.15, 0.2) is 36.5 Å². The molecule has 0 aliphatic carbocycles. The van der Waals surface area contributed by atoms with Crippen molar-refractivity contribution in [3.05, 3.63) is 36.5 Å². The number of likely N-dealkylation sites (N-methyl/N-ethyl adjacent to an activating group) is 1. The van der Waals surface area contributed by atoms with Gasteiger partial charge < -0.3 is 24.6 Å². The standard InChI is InChI=1S/C19H27N5O2/c1-23-10-12-24(13-11-23)18-8-9-20-19(22-18)21-16-4-6-17(7-5-16)26-15-3-14-25-2/h4-9H,3,10-15H2,1-2H3,(H,20,21,22). The Morgan fingerprint density at radius 1 is 1.04 bits per heavy atom. The largest absolute Gasteiger partial charge is 0.494 e. The van der Waals surface area contributed by atoms with Gasteiger partial charge in [0.15, 0.2) is 0 Å². The quantitative estimate of drug-likeness (QED) is 0.728. The fraction of sp³-hybridized carbons (Fsp3) is 0.474. The molecule has 3 rings (SSSR count). The van der Waals surface area contributed by atoms with Crippen molar-refractivity contribution in [1.29, 1.82) is 0 Å². The summed E-state index contributed by atoms with van der Waals surface area (Å²) in [5.74, 6) is 2.42. The highest BCUT2D eigenvalue weighted by Gasteiger charge is 2.15. The van der Waals surface area contributed by atoms with Gasteiger partial charge in [0.2, 0.25) is 5.95 Å². The molecule has 0 amide bonds. The number of rotatable bonds is 8. The van der Waals surface area contributed by atoms with Crippen LogP contribution in [0.4, 0.5) is 17.5 Å². The summed E-state index contributed by atoms with van der Waals surface area (Å²) in [6.45, 7) is 5.44. The van der Waals surface area contributed by atoms with Crippen LogP contribution in [0.2, 0.25) is 0 Å². The van der Waals surface area contributed by atoms with E-state index in [-0.39, 0.29) is 0 Å². The Balaban J connectivity index is 1.56. The first kappa shape index (κ1) is 18.4. The second-order valence-corrected chi connectivity index (χ2v) is 6.37. The van der Waals surface area contributed by atoms with Crippen molar-refractivity contribution in [2.75, 3.05) is 63.8 Å². The minimum Gasteiger partial charge on any atom is -0.494 e. The van der Waals surface area contributed by atoms with E-state index < -0.39 is 0 Å². The third-order valence-corrected chi connectivity index (χ3v) is 4.34. The van der Waals surface area contributed by atoms with E-state index in [0.29, 0.717) is 19.2 Å². The highest BCUT2D eigenvalue weighted by Crippen LogP contribution is 2.20. The maximum Gasteiger partial charge on any atom is 0.229 e. The van der Waals surface area contributed by atoms with Crippen molar-refractivity contribution in [3.8, 4) is 5.75 Å². The zero-order valence-corrected chi connectivity index (χ0v) is 15.5. The fourth-order valence-corrected chi connectivity index (χ4v) is 2.78. The van der Waals surface area contributed by atoms with Crippen molar-refractivity contribution >= 4 is 17.5 Å². The Kier molecular flexibility index (Phi) is 6.62. The number of methoxy groups -OCH3 is 1. The summed E-state index contributed by atoms with van der Waals surface area (Å²) in [6, 6.07) is 9.79. The van der Waals surface area contributed by atoms with Crippen molar-refractivity contribution < 1.29 is 9.47 Å². The number of anilines is 3. The first-order valence-corrected chi connectivity index (χ1v) is 9.00. The molecule has 1 N–H and O–H groups in total. The minimum atomic E-state index is 0.607. The number of aromatic nitrogens is 2. The van der Waals surface area contributed by atoms with E-state index in [4.69, 9.17) is 9.47 Å². The maximum atomic E-state index is 5.67. The third kappa shape index (κ3) is 5.31. The lowest BCUT2D eigenvalue weighted by atomic mass is 10.3. The van der Waals surface area contributed by atoms with Gasteiger partial charge in [0.1, 0.15) is 11.6 Å². The Bertz CT molecular complexity index is 672. The molecule has 1 fully saturated rings. The lowest BCUT2D eigenvalue weighted by Gasteiger charge is -2.33. The van der Waals surface area contributed by atoms with Gasteiger partial charge in [-0.1, -0.05) is 0 Å². The zero-order valence-electron chi connectivity index (χ0n) is 15.5. The van der Waals surface area contributed by atoms with Crippen molar-refractivity contribution in [3.63, 3.8) is 0 Å². The van der Waals surface area contributed by atoms with Gasteiger partial charge in [-0.25, -0.2) is 4.98 Å². The van der Waals surface area contributed by atoms with Crippen LogP contribution >= 0.6 is 0 Å². The van der Waals surface area contributed by atoms with Crippen LogP contribution < -0.4 is 15.0 Å². The summed E-state index contributed by atoms with van der Waals surface area (Å²) in [7, 11) is 3.84. The van der Waals surface area contributed by atoms with Gasteiger partial charge >= 0.3 is 0 Å². The molecule has 1 aromatic carbocycles. The highest BCUT2D eigenvalue weighted by molar-refractivity contribution is 5.56. The number of nitrogens with one attached hydrogen (secondary N) is 1. The molecule has 1 saturated heterocycles. The molecule has 2 aromatic rings. The monoisotopic (exact) mass is 357 g/mol. The zero-order chi connectivity index (χ0) is 18.2. The average Bonchev–Trinajstić information content (AvgIpc) is 2.67. The van der Waals surface area contributed by atoms with Gasteiger partial charge in [0, 0.05) is 58.2 Å². The van der Waals surface area contributed by atoms with Crippen LogP contribution in [-0.4, -0.2) is 68.4 Å². The molecule has 2 heterocycles. The van der Waals surface area contributed by atoms with E-state index in [1.807, 2.05) is 30.3 Å². The molecule has 140 valence electrons. The summed E-state index contributed by atoms with van der Waals surface area (Å²) < 4.78 is 10.7. The van der Waals surface area contributed by atoms with Crippen LogP contribution in [-0.2, 0) is 4.74 Å². The Labute approximate surface area is 155 Å². The van der Waals surface area contributed by atoms with E-state index in [1.54, 1.807) is 13.3 Å². The molecule has 0 atom stereocenters. The first-order chi connectivity index (χ1) is 12.7. The second kappa shape index (κ2) is 9.35. The summed E-state index contributed by atoms with van der Waals surface area (Å²) >= 11 is 0. The molecule has 0 unspecified atom stereocenters. The molecule has 1 aromatic heterocycles. The number of benzene rings is 1. The van der Waals surface area contributed by atoms with Crippen LogP contribution in [0, 0.1) is 0 Å². The van der Waals surface area contributed by atoms with Crippen LogP contribution in [0.5, 0.6) is 5.75 Å². The van der Waals surface area contributed by atoms with Gasteiger partial charge in [0.25, 0.3) is 0 Å². The fourth-order valence-electron chi connectivity index (χ4n) is 2.78. The molecule has 0 radical (unpaired) electrons. The molecule has 1 aliphatic rings. The number of ether oxygens (including phenoxy) is 2. The smallest absolute Gasteiger partial charge is 0.229 e. The first-order valence-electron chi connectivity index (χ1n) is 9.00. The van der Waals surface area contributed by atoms with E-state index >= 15 is 0 Å². The number of hydrogen-bond acceptors (Lipinski definition) is 7. The molecule has 0 spiro atoms.